The minimum atomic E-state index is -3.59. The average molecular weight is 260 g/mol. The molecule has 2 heterocycles. The molecule has 0 aromatic carbocycles. The van der Waals surface area contributed by atoms with E-state index in [0.717, 1.165) is 0 Å². The van der Waals surface area contributed by atoms with Gasteiger partial charge in [-0.15, -0.1) is 0 Å². The zero-order valence-corrected chi connectivity index (χ0v) is 10.4. The van der Waals surface area contributed by atoms with Crippen LogP contribution in [0.3, 0.4) is 0 Å². The van der Waals surface area contributed by atoms with Gasteiger partial charge in [-0.2, -0.15) is 4.31 Å². The molecule has 0 amide bonds. The quantitative estimate of drug-likeness (QED) is 0.746. The Labute approximate surface area is 100 Å². The van der Waals surface area contributed by atoms with E-state index < -0.39 is 16.2 Å². The highest BCUT2D eigenvalue weighted by atomic mass is 32.2. The van der Waals surface area contributed by atoms with Crippen molar-refractivity contribution in [3.8, 4) is 0 Å². The third-order valence-electron chi connectivity index (χ3n) is 2.64. The highest BCUT2D eigenvalue weighted by molar-refractivity contribution is 7.89. The standard InChI is InChI=1S/C9H16N4O3S/c1-2-8-11-5-9(12-8)17(14,15)13-3-4-16-6-7(13)10/h5,7H,2-4,6,10H2,1H3,(H,11,12). The largest absolute Gasteiger partial charge is 0.377 e. The average Bonchev–Trinajstić information content (AvgIpc) is 2.78. The normalized spacial score (nSPS) is 22.8. The predicted molar refractivity (Wildman–Crippen MR) is 60.7 cm³/mol. The van der Waals surface area contributed by atoms with Crippen molar-refractivity contribution in [3.63, 3.8) is 0 Å². The summed E-state index contributed by atoms with van der Waals surface area (Å²) in [5, 5.41) is 0.0895. The molecule has 1 atom stereocenters. The van der Waals surface area contributed by atoms with Gasteiger partial charge in [0.05, 0.1) is 25.6 Å². The second-order valence-corrected chi connectivity index (χ2v) is 5.66. The second-order valence-electron chi connectivity index (χ2n) is 3.81. The molecule has 0 aliphatic carbocycles. The number of aryl methyl sites for hydroxylation is 1. The zero-order valence-electron chi connectivity index (χ0n) is 9.59. The minimum Gasteiger partial charge on any atom is -0.377 e. The third kappa shape index (κ3) is 2.34. The Balaban J connectivity index is 2.28. The van der Waals surface area contributed by atoms with E-state index in [0.29, 0.717) is 18.9 Å². The first-order valence-electron chi connectivity index (χ1n) is 5.44. The Morgan fingerprint density at radius 2 is 2.47 bits per heavy atom. The van der Waals surface area contributed by atoms with Crippen LogP contribution >= 0.6 is 0 Å². The first-order valence-corrected chi connectivity index (χ1v) is 6.88. The summed E-state index contributed by atoms with van der Waals surface area (Å²) in [5.74, 6) is 0.644. The summed E-state index contributed by atoms with van der Waals surface area (Å²) in [4.78, 5) is 6.77. The number of ether oxygens (including phenoxy) is 1. The highest BCUT2D eigenvalue weighted by Crippen LogP contribution is 2.17. The van der Waals surface area contributed by atoms with Crippen LogP contribution in [-0.4, -0.2) is 48.6 Å². The van der Waals surface area contributed by atoms with Crippen LogP contribution in [0.1, 0.15) is 12.7 Å². The summed E-state index contributed by atoms with van der Waals surface area (Å²) in [5.41, 5.74) is 5.73. The van der Waals surface area contributed by atoms with E-state index >= 15 is 0 Å². The van der Waals surface area contributed by atoms with E-state index in [4.69, 9.17) is 10.5 Å². The molecule has 1 aromatic heterocycles. The molecule has 1 aromatic rings. The van der Waals surface area contributed by atoms with Gasteiger partial charge in [0.1, 0.15) is 5.82 Å². The lowest BCUT2D eigenvalue weighted by Crippen LogP contribution is -2.53. The van der Waals surface area contributed by atoms with Crippen molar-refractivity contribution < 1.29 is 13.2 Å². The second kappa shape index (κ2) is 4.73. The van der Waals surface area contributed by atoms with Crippen LogP contribution in [0, 0.1) is 0 Å². The smallest absolute Gasteiger partial charge is 0.261 e. The molecule has 17 heavy (non-hydrogen) atoms. The van der Waals surface area contributed by atoms with Crippen molar-refractivity contribution in [3.05, 3.63) is 12.0 Å². The lowest BCUT2D eigenvalue weighted by Gasteiger charge is -2.31. The van der Waals surface area contributed by atoms with Gasteiger partial charge in [0.2, 0.25) is 0 Å². The first kappa shape index (κ1) is 12.5. The Kier molecular flexibility index (Phi) is 3.48. The summed E-state index contributed by atoms with van der Waals surface area (Å²) in [6.07, 6.45) is 1.35. The maximum absolute atomic E-state index is 12.2. The predicted octanol–water partition coefficient (Wildman–Crippen LogP) is -0.722. The van der Waals surface area contributed by atoms with Gasteiger partial charge in [0, 0.05) is 13.0 Å². The van der Waals surface area contributed by atoms with Gasteiger partial charge in [0.25, 0.3) is 10.0 Å². The number of rotatable bonds is 3. The summed E-state index contributed by atoms with van der Waals surface area (Å²) in [6, 6.07) is 0. The number of morpholine rings is 1. The van der Waals surface area contributed by atoms with E-state index in [1.165, 1.54) is 10.5 Å². The summed E-state index contributed by atoms with van der Waals surface area (Å²) >= 11 is 0. The molecule has 1 unspecified atom stereocenters. The van der Waals surface area contributed by atoms with Crippen molar-refractivity contribution in [1.29, 1.82) is 0 Å². The minimum absolute atomic E-state index is 0.0895. The molecule has 1 aliphatic rings. The van der Waals surface area contributed by atoms with E-state index in [1.807, 2.05) is 6.92 Å². The SMILES string of the molecule is CCc1ncc(S(=O)(=O)N2CCOCC2N)[nH]1. The number of aromatic amines is 1. The van der Waals surface area contributed by atoms with Crippen LogP contribution in [0.15, 0.2) is 11.2 Å². The Morgan fingerprint density at radius 3 is 3.06 bits per heavy atom. The maximum atomic E-state index is 12.2. The molecule has 1 aliphatic heterocycles. The number of nitrogens with zero attached hydrogens (tertiary/aromatic N) is 2. The highest BCUT2D eigenvalue weighted by Gasteiger charge is 2.33. The van der Waals surface area contributed by atoms with Crippen LogP contribution < -0.4 is 5.73 Å². The molecular formula is C9H16N4O3S. The Bertz CT molecular complexity index is 484. The number of H-pyrrole nitrogens is 1. The molecule has 0 saturated carbocycles. The van der Waals surface area contributed by atoms with Gasteiger partial charge in [0.15, 0.2) is 5.03 Å². The number of aromatic nitrogens is 2. The van der Waals surface area contributed by atoms with Crippen molar-refractivity contribution in [2.45, 2.75) is 24.5 Å². The number of hydrogen-bond acceptors (Lipinski definition) is 5. The van der Waals surface area contributed by atoms with Gasteiger partial charge in [-0.1, -0.05) is 6.92 Å². The fourth-order valence-corrected chi connectivity index (χ4v) is 3.10. The molecular weight excluding hydrogens is 244 g/mol. The topological polar surface area (TPSA) is 101 Å². The van der Waals surface area contributed by atoms with Crippen LogP contribution in [0.4, 0.5) is 0 Å². The Hall–Kier alpha value is -0.960. The fourth-order valence-electron chi connectivity index (χ4n) is 1.69. The molecule has 3 N–H and O–H groups in total. The van der Waals surface area contributed by atoms with E-state index in [1.54, 1.807) is 0 Å². The number of imidazole rings is 1. The van der Waals surface area contributed by atoms with Gasteiger partial charge in [-0.05, 0) is 0 Å². The van der Waals surface area contributed by atoms with Crippen LogP contribution in [0.5, 0.6) is 0 Å². The number of nitrogens with one attached hydrogen (secondary N) is 1. The van der Waals surface area contributed by atoms with Crippen LogP contribution in [-0.2, 0) is 21.2 Å². The molecule has 0 spiro atoms. The van der Waals surface area contributed by atoms with Crippen molar-refractivity contribution in [2.75, 3.05) is 19.8 Å². The molecule has 1 fully saturated rings. The lowest BCUT2D eigenvalue weighted by atomic mass is 10.4. The van der Waals surface area contributed by atoms with Crippen molar-refractivity contribution in [2.24, 2.45) is 5.73 Å². The molecule has 2 rings (SSSR count). The van der Waals surface area contributed by atoms with Gasteiger partial charge in [-0.3, -0.25) is 0 Å². The lowest BCUT2D eigenvalue weighted by molar-refractivity contribution is 0.0349. The fraction of sp³-hybridized carbons (Fsp3) is 0.667. The molecule has 96 valence electrons. The molecule has 0 radical (unpaired) electrons. The molecule has 0 bridgehead atoms. The third-order valence-corrected chi connectivity index (χ3v) is 4.48. The van der Waals surface area contributed by atoms with Crippen LogP contribution in [0.25, 0.3) is 0 Å². The molecule has 1 saturated heterocycles. The number of nitrogens with two attached hydrogens (primary N) is 1. The summed E-state index contributed by atoms with van der Waals surface area (Å²) < 4.78 is 30.8. The van der Waals surface area contributed by atoms with Gasteiger partial charge < -0.3 is 15.5 Å². The van der Waals surface area contributed by atoms with E-state index in [-0.39, 0.29) is 18.2 Å². The molecule has 8 heteroatoms. The maximum Gasteiger partial charge on any atom is 0.261 e. The van der Waals surface area contributed by atoms with Gasteiger partial charge in [-0.25, -0.2) is 13.4 Å². The van der Waals surface area contributed by atoms with Crippen molar-refractivity contribution >= 4 is 10.0 Å². The monoisotopic (exact) mass is 260 g/mol. The Morgan fingerprint density at radius 1 is 1.71 bits per heavy atom. The van der Waals surface area contributed by atoms with Gasteiger partial charge >= 0.3 is 0 Å². The summed E-state index contributed by atoms with van der Waals surface area (Å²) in [6.45, 7) is 2.75. The van der Waals surface area contributed by atoms with E-state index in [2.05, 4.69) is 9.97 Å². The van der Waals surface area contributed by atoms with Crippen molar-refractivity contribution in [1.82, 2.24) is 14.3 Å². The zero-order chi connectivity index (χ0) is 12.5. The summed E-state index contributed by atoms with van der Waals surface area (Å²) in [7, 11) is -3.59. The first-order chi connectivity index (χ1) is 8.05. The number of hydrogen-bond donors (Lipinski definition) is 2. The van der Waals surface area contributed by atoms with Crippen LogP contribution in [0.2, 0.25) is 0 Å². The molecule has 7 nitrogen and oxygen atoms in total. The van der Waals surface area contributed by atoms with E-state index in [9.17, 15) is 8.42 Å². The number of sulfonamides is 1.